The van der Waals surface area contributed by atoms with Gasteiger partial charge in [-0.05, 0) is 150 Å². The molecule has 468 valence electrons. The Kier molecular flexibility index (Phi) is 19.0. The topological polar surface area (TPSA) is 27.7 Å². The first kappa shape index (κ1) is 64.7. The Morgan fingerprint density at radius 2 is 0.330 bits per heavy atom. The molecule has 0 fully saturated rings. The molecule has 0 aliphatic carbocycles. The van der Waals surface area contributed by atoms with Gasteiger partial charge in [0.1, 0.15) is 0 Å². The quantitative estimate of drug-likeness (QED) is 0.0530. The predicted molar refractivity (Wildman–Crippen MR) is 391 cm³/mol. The summed E-state index contributed by atoms with van der Waals surface area (Å²) in [5, 5.41) is 0. The van der Waals surface area contributed by atoms with E-state index in [0.717, 1.165) is 134 Å². The lowest BCUT2D eigenvalue weighted by molar-refractivity contribution is -0.0274. The van der Waals surface area contributed by atoms with E-state index >= 15 is 0 Å². The minimum absolute atomic E-state index is 0.850. The lowest BCUT2D eigenvalue weighted by Gasteiger charge is -2.48. The molecule has 0 aromatic heterocycles. The lowest BCUT2D eigenvalue weighted by Crippen LogP contribution is -2.48. The van der Waals surface area contributed by atoms with Crippen molar-refractivity contribution in [1.29, 1.82) is 0 Å². The van der Waals surface area contributed by atoms with Gasteiger partial charge in [-0.2, -0.15) is 0 Å². The van der Waals surface area contributed by atoms with Gasteiger partial charge in [-0.25, -0.2) is 0 Å². The van der Waals surface area contributed by atoms with Crippen LogP contribution in [0.25, 0.3) is 0 Å². The third-order valence-corrected chi connectivity index (χ3v) is 19.2. The van der Waals surface area contributed by atoms with E-state index in [2.05, 4.69) is 374 Å². The Bertz CT molecular complexity index is 3850. The van der Waals surface area contributed by atoms with Crippen molar-refractivity contribution >= 4 is 7.32 Å². The van der Waals surface area contributed by atoms with Crippen molar-refractivity contribution in [2.75, 3.05) is 0 Å². The monoisotopic (exact) mass is 1230 g/mol. The summed E-state index contributed by atoms with van der Waals surface area (Å²) in [5.41, 5.74) is 22.8. The summed E-state index contributed by atoms with van der Waals surface area (Å²) < 4.78 is 26.4. The normalized spacial score (nSPS) is 12.9. The Balaban J connectivity index is 1.28. The highest BCUT2D eigenvalue weighted by molar-refractivity contribution is 6.36. The molecule has 0 radical (unpaired) electrons. The molecule has 94 heavy (non-hydrogen) atoms. The highest BCUT2D eigenvalue weighted by atomic mass is 16.7. The maximum Gasteiger partial charge on any atom is 0.640 e. The van der Waals surface area contributed by atoms with Gasteiger partial charge < -0.3 is 14.0 Å². The molecule has 0 amide bonds. The number of hydrogen-bond donors (Lipinski definition) is 0. The molecule has 0 saturated heterocycles. The minimum Gasteiger partial charge on any atom is -0.377 e. The van der Waals surface area contributed by atoms with Crippen LogP contribution in [0.15, 0.2) is 291 Å². The van der Waals surface area contributed by atoms with E-state index in [0.29, 0.717) is 0 Å². The second-order valence-corrected chi connectivity index (χ2v) is 26.8. The highest BCUT2D eigenvalue weighted by Gasteiger charge is 2.55. The van der Waals surface area contributed by atoms with Crippen LogP contribution in [0.5, 0.6) is 0 Å². The number of rotatable bonds is 21. The zero-order chi connectivity index (χ0) is 65.7. The van der Waals surface area contributed by atoms with Crippen LogP contribution in [0, 0.1) is 83.1 Å². The molecule has 0 bridgehead atoms. The number of aryl methyl sites for hydroxylation is 12. The first-order valence-corrected chi connectivity index (χ1v) is 33.3. The Morgan fingerprint density at radius 3 is 0.468 bits per heavy atom. The van der Waals surface area contributed by atoms with E-state index in [1.165, 1.54) is 0 Å². The summed E-state index contributed by atoms with van der Waals surface area (Å²) in [6.07, 6.45) is -2.55. The predicted octanol–water partition coefficient (Wildman–Crippen LogP) is 22.0. The molecule has 0 aliphatic rings. The summed E-state index contributed by atoms with van der Waals surface area (Å²) >= 11 is 0. The molecule has 4 heteroatoms. The van der Waals surface area contributed by atoms with Crippen LogP contribution in [-0.2, 0) is 30.2 Å². The van der Waals surface area contributed by atoms with E-state index in [4.69, 9.17) is 14.0 Å². The molecule has 0 heterocycles. The largest absolute Gasteiger partial charge is 0.640 e. The number of hydrogen-bond acceptors (Lipinski definition) is 3. The van der Waals surface area contributed by atoms with Crippen molar-refractivity contribution in [3.05, 3.63) is 425 Å². The standard InChI is InChI=1S/C90H87BO3/c1-61-25-13-37-73(49-61)85(88(76-40-16-28-64(4)52-76,77-41-17-29-65(5)53-77)78-42-18-30-66(6)54-78)92-91(93-86(74-38-14-26-62(2)50-74)89(79-43-19-31-67(7)55-79,80-44-20-32-68(8)56-80)81-45-21-33-69(9)57-81)94-87(75-39-15-27-63(3)51-75)90(82-46-22-34-70(10)58-82,83-47-23-35-71(11)59-83)84-48-24-36-72(12)60-84/h13-60,85-87H,1-12H3. The molecule has 0 spiro atoms. The van der Waals surface area contributed by atoms with Crippen molar-refractivity contribution in [3.63, 3.8) is 0 Å². The molecule has 0 N–H and O–H groups in total. The first-order chi connectivity index (χ1) is 45.4. The van der Waals surface area contributed by atoms with Crippen LogP contribution in [0.4, 0.5) is 0 Å². The van der Waals surface area contributed by atoms with Gasteiger partial charge in [0.25, 0.3) is 0 Å². The van der Waals surface area contributed by atoms with Gasteiger partial charge in [-0.3, -0.25) is 0 Å². The Hall–Kier alpha value is -9.42. The van der Waals surface area contributed by atoms with Gasteiger partial charge in [-0.1, -0.05) is 358 Å². The van der Waals surface area contributed by atoms with E-state index in [9.17, 15) is 0 Å². The zero-order valence-electron chi connectivity index (χ0n) is 56.7. The second-order valence-electron chi connectivity index (χ2n) is 26.8. The average Bonchev–Trinajstić information content (AvgIpc) is 0.751. The Morgan fingerprint density at radius 1 is 0.191 bits per heavy atom. The van der Waals surface area contributed by atoms with Gasteiger partial charge in [-0.15, -0.1) is 0 Å². The maximum atomic E-state index is 8.81. The molecule has 12 aromatic carbocycles. The first-order valence-electron chi connectivity index (χ1n) is 33.3. The zero-order valence-corrected chi connectivity index (χ0v) is 56.7. The van der Waals surface area contributed by atoms with Crippen molar-refractivity contribution in [2.45, 2.75) is 118 Å². The number of benzene rings is 12. The van der Waals surface area contributed by atoms with Crippen molar-refractivity contribution in [1.82, 2.24) is 0 Å². The van der Waals surface area contributed by atoms with Gasteiger partial charge in [0, 0.05) is 0 Å². The van der Waals surface area contributed by atoms with Crippen molar-refractivity contribution < 1.29 is 14.0 Å². The summed E-state index contributed by atoms with van der Waals surface area (Å²) in [7, 11) is -1.49. The Labute approximate surface area is 560 Å². The van der Waals surface area contributed by atoms with Crippen molar-refractivity contribution in [3.8, 4) is 0 Å². The smallest absolute Gasteiger partial charge is 0.377 e. The van der Waals surface area contributed by atoms with Gasteiger partial charge in [0.15, 0.2) is 0 Å². The SMILES string of the molecule is Cc1cccc(C(OB(OC(c2cccc(C)c2)C(c2cccc(C)c2)(c2cccc(C)c2)c2cccc(C)c2)OC(c2cccc(C)c2)C(c2cccc(C)c2)(c2cccc(C)c2)c2cccc(C)c2)C(c2cccc(C)c2)(c2cccc(C)c2)c2cccc(C)c2)c1. The van der Waals surface area contributed by atoms with Crippen LogP contribution < -0.4 is 0 Å². The molecule has 3 atom stereocenters. The molecule has 0 aliphatic heterocycles. The second kappa shape index (κ2) is 27.7. The fourth-order valence-electron chi connectivity index (χ4n) is 15.1. The maximum absolute atomic E-state index is 8.81. The molecular weight excluding hydrogens is 1140 g/mol. The van der Waals surface area contributed by atoms with Crippen LogP contribution in [0.3, 0.4) is 0 Å². The molecule has 12 aromatic rings. The summed E-state index contributed by atoms with van der Waals surface area (Å²) in [6, 6.07) is 108. The van der Waals surface area contributed by atoms with E-state index in [1.54, 1.807) is 0 Å². The summed E-state index contributed by atoms with van der Waals surface area (Å²) in [6.45, 7) is 26.3. The average molecular weight is 1230 g/mol. The van der Waals surface area contributed by atoms with Crippen LogP contribution in [0.2, 0.25) is 0 Å². The fraction of sp³-hybridized carbons (Fsp3) is 0.200. The van der Waals surface area contributed by atoms with Crippen LogP contribution >= 0.6 is 0 Å². The van der Waals surface area contributed by atoms with E-state index in [-0.39, 0.29) is 0 Å². The lowest BCUT2D eigenvalue weighted by atomic mass is 9.62. The van der Waals surface area contributed by atoms with Gasteiger partial charge >= 0.3 is 7.32 Å². The molecule has 3 unspecified atom stereocenters. The van der Waals surface area contributed by atoms with Gasteiger partial charge in [0.05, 0.1) is 34.6 Å². The van der Waals surface area contributed by atoms with E-state index in [1.807, 2.05) is 0 Å². The molecule has 3 nitrogen and oxygen atoms in total. The van der Waals surface area contributed by atoms with Crippen molar-refractivity contribution in [2.24, 2.45) is 0 Å². The minimum atomic E-state index is -1.49. The van der Waals surface area contributed by atoms with E-state index < -0.39 is 41.9 Å². The molecular formula is C90H87BO3. The third-order valence-electron chi connectivity index (χ3n) is 19.2. The fourth-order valence-corrected chi connectivity index (χ4v) is 15.1. The summed E-state index contributed by atoms with van der Waals surface area (Å²) in [5.74, 6) is 0. The highest BCUT2D eigenvalue weighted by Crippen LogP contribution is 2.57. The summed E-state index contributed by atoms with van der Waals surface area (Å²) in [4.78, 5) is 0. The third kappa shape index (κ3) is 12.9. The van der Waals surface area contributed by atoms with Crippen LogP contribution in [0.1, 0.15) is 152 Å². The van der Waals surface area contributed by atoms with Crippen LogP contribution in [-0.4, -0.2) is 7.32 Å². The molecule has 0 saturated carbocycles. The molecule has 12 rings (SSSR count). The van der Waals surface area contributed by atoms with Gasteiger partial charge in [0.2, 0.25) is 0 Å².